The molecule has 0 saturated heterocycles. The smallest absolute Gasteiger partial charge is 0.132 e. The lowest BCUT2D eigenvalue weighted by atomic mass is 10.2. The Balaban J connectivity index is 3.05. The number of rotatable bonds is 5. The summed E-state index contributed by atoms with van der Waals surface area (Å²) in [5, 5.41) is 3.15. The molecule has 2 nitrogen and oxygen atoms in total. The maximum absolute atomic E-state index is 4.45. The average molecular weight is 260 g/mol. The third kappa shape index (κ3) is 4.08. The summed E-state index contributed by atoms with van der Waals surface area (Å²) in [6.45, 7) is 9.82. The Bertz CT molecular complexity index is 487. The predicted molar refractivity (Wildman–Crippen MR) is 83.7 cm³/mol. The van der Waals surface area contributed by atoms with Crippen LogP contribution in [0, 0.1) is 6.92 Å². The van der Waals surface area contributed by atoms with Gasteiger partial charge in [-0.1, -0.05) is 18.7 Å². The van der Waals surface area contributed by atoms with Crippen molar-refractivity contribution >= 4 is 22.5 Å². The Hall–Kier alpha value is -1.48. The van der Waals surface area contributed by atoms with E-state index >= 15 is 0 Å². The second-order valence-corrected chi connectivity index (χ2v) is 4.90. The molecule has 0 saturated carbocycles. The second kappa shape index (κ2) is 7.07. The summed E-state index contributed by atoms with van der Waals surface area (Å²) in [4.78, 5) is 5.66. The molecule has 0 aliphatic carbocycles. The average Bonchev–Trinajstić information content (AvgIpc) is 2.33. The molecule has 1 N–H and O–H groups in total. The van der Waals surface area contributed by atoms with Gasteiger partial charge in [0.2, 0.25) is 0 Å². The molecule has 0 fully saturated rings. The lowest BCUT2D eigenvalue weighted by molar-refractivity contribution is 1.21. The van der Waals surface area contributed by atoms with Gasteiger partial charge in [-0.05, 0) is 44.7 Å². The van der Waals surface area contributed by atoms with Gasteiger partial charge < -0.3 is 5.32 Å². The molecule has 0 unspecified atom stereocenters. The van der Waals surface area contributed by atoms with Crippen molar-refractivity contribution in [3.63, 3.8) is 0 Å². The molecule has 1 heterocycles. The minimum atomic E-state index is 0.873. The van der Waals surface area contributed by atoms with Crippen molar-refractivity contribution in [2.24, 2.45) is 0 Å². The van der Waals surface area contributed by atoms with Gasteiger partial charge in [-0.25, -0.2) is 4.98 Å². The van der Waals surface area contributed by atoms with Gasteiger partial charge in [0.05, 0.1) is 0 Å². The first-order chi connectivity index (χ1) is 8.58. The van der Waals surface area contributed by atoms with Crippen molar-refractivity contribution < 1.29 is 0 Å². The zero-order valence-corrected chi connectivity index (χ0v) is 12.3. The van der Waals surface area contributed by atoms with Gasteiger partial charge in [0.1, 0.15) is 5.82 Å². The lowest BCUT2D eigenvalue weighted by Gasteiger charge is -2.10. The molecule has 96 valence electrons. The topological polar surface area (TPSA) is 24.9 Å². The number of hydrogen-bond acceptors (Lipinski definition) is 3. The molecule has 0 spiro atoms. The predicted octanol–water partition coefficient (Wildman–Crippen LogP) is 4.62. The van der Waals surface area contributed by atoms with Gasteiger partial charge in [-0.2, -0.15) is 0 Å². The van der Waals surface area contributed by atoms with E-state index in [4.69, 9.17) is 0 Å². The van der Waals surface area contributed by atoms with Crippen LogP contribution < -0.4 is 5.32 Å². The fourth-order valence-electron chi connectivity index (χ4n) is 1.51. The molecule has 0 aromatic carbocycles. The number of hydrogen-bond donors (Lipinski definition) is 1. The number of anilines is 1. The molecule has 1 aromatic rings. The van der Waals surface area contributed by atoms with E-state index in [9.17, 15) is 0 Å². The molecule has 3 heteroatoms. The first-order valence-corrected chi connectivity index (χ1v) is 7.07. The first-order valence-electron chi connectivity index (χ1n) is 5.85. The van der Waals surface area contributed by atoms with E-state index in [1.165, 1.54) is 4.91 Å². The monoisotopic (exact) mass is 260 g/mol. The van der Waals surface area contributed by atoms with E-state index < -0.39 is 0 Å². The fraction of sp³-hybridized carbons (Fsp3) is 0.267. The molecule has 1 rings (SSSR count). The Morgan fingerprint density at radius 3 is 2.72 bits per heavy atom. The molecular formula is C15H20N2S. The summed E-state index contributed by atoms with van der Waals surface area (Å²) in [5.41, 5.74) is 3.16. The summed E-state index contributed by atoms with van der Waals surface area (Å²) in [6, 6.07) is 2.14. The number of nitrogens with one attached hydrogen (secondary N) is 1. The molecule has 0 atom stereocenters. The largest absolute Gasteiger partial charge is 0.344 e. The van der Waals surface area contributed by atoms with Crippen LogP contribution in [0.5, 0.6) is 0 Å². The van der Waals surface area contributed by atoms with Gasteiger partial charge in [-0.3, -0.25) is 0 Å². The van der Waals surface area contributed by atoms with Crippen molar-refractivity contribution in [3.05, 3.63) is 53.9 Å². The highest BCUT2D eigenvalue weighted by Crippen LogP contribution is 2.27. The van der Waals surface area contributed by atoms with E-state index in [2.05, 4.69) is 42.2 Å². The normalized spacial score (nSPS) is 11.9. The van der Waals surface area contributed by atoms with Crippen LogP contribution in [-0.4, -0.2) is 11.2 Å². The molecule has 0 bridgehead atoms. The Morgan fingerprint density at radius 2 is 2.22 bits per heavy atom. The quantitative estimate of drug-likeness (QED) is 0.782. The van der Waals surface area contributed by atoms with Gasteiger partial charge >= 0.3 is 0 Å². The Morgan fingerprint density at radius 1 is 1.50 bits per heavy atom. The van der Waals surface area contributed by atoms with Crippen molar-refractivity contribution in [1.82, 2.24) is 4.98 Å². The van der Waals surface area contributed by atoms with Gasteiger partial charge in [0.25, 0.3) is 0 Å². The highest BCUT2D eigenvalue weighted by Gasteiger charge is 2.04. The highest BCUT2D eigenvalue weighted by molar-refractivity contribution is 8.07. The third-order valence-electron chi connectivity index (χ3n) is 2.35. The van der Waals surface area contributed by atoms with Gasteiger partial charge in [-0.15, -0.1) is 11.8 Å². The van der Waals surface area contributed by atoms with Crippen LogP contribution in [0.25, 0.3) is 4.91 Å². The number of pyridine rings is 1. The highest BCUT2D eigenvalue weighted by atomic mass is 32.2. The van der Waals surface area contributed by atoms with Crippen LogP contribution in [0.15, 0.2) is 42.8 Å². The van der Waals surface area contributed by atoms with Crippen molar-refractivity contribution in [2.45, 2.75) is 20.8 Å². The van der Waals surface area contributed by atoms with Crippen LogP contribution in [0.4, 0.5) is 5.82 Å². The first kappa shape index (κ1) is 14.6. The molecule has 1 aromatic heterocycles. The minimum absolute atomic E-state index is 0.873. The summed E-state index contributed by atoms with van der Waals surface area (Å²) >= 11 is 1.72. The molecular weight excluding hydrogens is 240 g/mol. The van der Waals surface area contributed by atoms with E-state index in [1.54, 1.807) is 11.8 Å². The lowest BCUT2D eigenvalue weighted by Crippen LogP contribution is -1.99. The van der Waals surface area contributed by atoms with Crippen LogP contribution in [0.1, 0.15) is 25.0 Å². The zero-order valence-electron chi connectivity index (χ0n) is 11.4. The number of allylic oxidation sites excluding steroid dienone is 4. The van der Waals surface area contributed by atoms with Gasteiger partial charge in [0, 0.05) is 22.4 Å². The molecule has 0 aliphatic rings. The van der Waals surface area contributed by atoms with E-state index in [1.807, 2.05) is 32.2 Å². The number of thioether (sulfide) groups is 1. The standard InChI is InChI=1S/C15H20N2S/c1-6-7-8-14(18-5)13-9-12(4)15(16-10-13)17-11(2)3/h6-10H,2H2,1,3-5H3,(H,16,17)/b7-6+,14-8-. The summed E-state index contributed by atoms with van der Waals surface area (Å²) in [7, 11) is 0. The molecule has 0 radical (unpaired) electrons. The molecule has 18 heavy (non-hydrogen) atoms. The Labute approximate surface area is 114 Å². The van der Waals surface area contributed by atoms with Crippen molar-refractivity contribution in [3.8, 4) is 0 Å². The van der Waals surface area contributed by atoms with E-state index in [-0.39, 0.29) is 0 Å². The maximum Gasteiger partial charge on any atom is 0.132 e. The van der Waals surface area contributed by atoms with Crippen LogP contribution in [0.2, 0.25) is 0 Å². The summed E-state index contributed by atoms with van der Waals surface area (Å²) in [5.74, 6) is 0.873. The fourth-order valence-corrected chi connectivity index (χ4v) is 2.07. The van der Waals surface area contributed by atoms with E-state index in [0.717, 1.165) is 22.6 Å². The Kier molecular flexibility index (Phi) is 5.72. The number of aromatic nitrogens is 1. The second-order valence-electron chi connectivity index (χ2n) is 4.06. The number of nitrogens with zero attached hydrogens (tertiary/aromatic N) is 1. The van der Waals surface area contributed by atoms with Crippen molar-refractivity contribution in [2.75, 3.05) is 11.6 Å². The number of aryl methyl sites for hydroxylation is 1. The molecule has 0 amide bonds. The van der Waals surface area contributed by atoms with Crippen LogP contribution in [0.3, 0.4) is 0 Å². The molecule has 0 aliphatic heterocycles. The summed E-state index contributed by atoms with van der Waals surface area (Å²) < 4.78 is 0. The van der Waals surface area contributed by atoms with Crippen molar-refractivity contribution in [1.29, 1.82) is 0 Å². The third-order valence-corrected chi connectivity index (χ3v) is 3.17. The van der Waals surface area contributed by atoms with Crippen LogP contribution >= 0.6 is 11.8 Å². The SMILES string of the molecule is C=C(C)Nc1ncc(/C(=C/C=C/C)SC)cc1C. The zero-order chi connectivity index (χ0) is 13.5. The summed E-state index contributed by atoms with van der Waals surface area (Å²) in [6.07, 6.45) is 10.1. The van der Waals surface area contributed by atoms with E-state index in [0.29, 0.717) is 0 Å². The maximum atomic E-state index is 4.45. The van der Waals surface area contributed by atoms with Crippen LogP contribution in [-0.2, 0) is 0 Å². The minimum Gasteiger partial charge on any atom is -0.344 e. The van der Waals surface area contributed by atoms with Gasteiger partial charge in [0.15, 0.2) is 0 Å².